The van der Waals surface area contributed by atoms with Crippen LogP contribution in [0.15, 0.2) is 42.5 Å². The highest BCUT2D eigenvalue weighted by Crippen LogP contribution is 2.29. The summed E-state index contributed by atoms with van der Waals surface area (Å²) in [6.45, 7) is 1.96. The molecule has 5 heteroatoms. The maximum absolute atomic E-state index is 12.6. The Morgan fingerprint density at radius 1 is 0.960 bits per heavy atom. The molecule has 25 heavy (non-hydrogen) atoms. The van der Waals surface area contributed by atoms with Crippen LogP contribution < -0.4 is 14.2 Å². The van der Waals surface area contributed by atoms with Crippen molar-refractivity contribution >= 4 is 5.91 Å². The van der Waals surface area contributed by atoms with Crippen LogP contribution >= 0.6 is 0 Å². The van der Waals surface area contributed by atoms with Crippen LogP contribution in [0, 0.1) is 0 Å². The zero-order valence-electron chi connectivity index (χ0n) is 14.7. The Bertz CT molecular complexity index is 738. The van der Waals surface area contributed by atoms with Crippen molar-refractivity contribution in [2.75, 3.05) is 27.3 Å². The second kappa shape index (κ2) is 7.92. The summed E-state index contributed by atoms with van der Waals surface area (Å²) in [6.07, 6.45) is 2.15. The number of methoxy groups -OCH3 is 2. The molecule has 1 amide bonds. The molecule has 5 nitrogen and oxygen atoms in total. The van der Waals surface area contributed by atoms with Gasteiger partial charge in [-0.15, -0.1) is 0 Å². The predicted molar refractivity (Wildman–Crippen MR) is 95.5 cm³/mol. The second-order valence-electron chi connectivity index (χ2n) is 5.97. The first-order valence-corrected chi connectivity index (χ1v) is 8.45. The van der Waals surface area contributed by atoms with Gasteiger partial charge in [0, 0.05) is 24.2 Å². The third-order valence-corrected chi connectivity index (χ3v) is 4.37. The average molecular weight is 341 g/mol. The van der Waals surface area contributed by atoms with Gasteiger partial charge in [-0.25, -0.2) is 0 Å². The van der Waals surface area contributed by atoms with Crippen LogP contribution in [0.3, 0.4) is 0 Å². The largest absolute Gasteiger partial charge is 0.496 e. The van der Waals surface area contributed by atoms with Crippen molar-refractivity contribution < 1.29 is 19.0 Å². The first kappa shape index (κ1) is 17.1. The van der Waals surface area contributed by atoms with Crippen LogP contribution in [0.5, 0.6) is 17.2 Å². The standard InChI is InChI=1S/C20H23NO4/c1-23-17-10-9-15(20(22)21-11-5-6-12-21)13-16(17)14-25-19-8-4-3-7-18(19)24-2/h3-4,7-10,13H,5-6,11-12,14H2,1-2H3. The molecule has 1 saturated heterocycles. The highest BCUT2D eigenvalue weighted by atomic mass is 16.5. The Balaban J connectivity index is 1.79. The van der Waals surface area contributed by atoms with Crippen molar-refractivity contribution in [1.29, 1.82) is 0 Å². The maximum Gasteiger partial charge on any atom is 0.253 e. The van der Waals surface area contributed by atoms with Crippen molar-refractivity contribution in [3.63, 3.8) is 0 Å². The van der Waals surface area contributed by atoms with Gasteiger partial charge in [0.1, 0.15) is 12.4 Å². The maximum atomic E-state index is 12.6. The zero-order valence-corrected chi connectivity index (χ0v) is 14.7. The molecule has 1 aliphatic heterocycles. The molecule has 1 fully saturated rings. The minimum atomic E-state index is 0.0682. The van der Waals surface area contributed by atoms with E-state index in [0.29, 0.717) is 29.4 Å². The number of para-hydroxylation sites is 2. The fourth-order valence-corrected chi connectivity index (χ4v) is 3.02. The smallest absolute Gasteiger partial charge is 0.253 e. The molecule has 0 bridgehead atoms. The van der Waals surface area contributed by atoms with E-state index in [4.69, 9.17) is 14.2 Å². The van der Waals surface area contributed by atoms with E-state index < -0.39 is 0 Å². The monoisotopic (exact) mass is 341 g/mol. The van der Waals surface area contributed by atoms with Gasteiger partial charge in [-0.05, 0) is 43.2 Å². The number of carbonyl (C=O) groups excluding carboxylic acids is 1. The number of hydrogen-bond acceptors (Lipinski definition) is 4. The number of likely N-dealkylation sites (tertiary alicyclic amines) is 1. The van der Waals surface area contributed by atoms with Gasteiger partial charge in [0.15, 0.2) is 11.5 Å². The van der Waals surface area contributed by atoms with Crippen LogP contribution in [-0.4, -0.2) is 38.1 Å². The Labute approximate surface area is 148 Å². The van der Waals surface area contributed by atoms with E-state index in [0.717, 1.165) is 31.5 Å². The number of benzene rings is 2. The van der Waals surface area contributed by atoms with Crippen molar-refractivity contribution in [2.45, 2.75) is 19.4 Å². The van der Waals surface area contributed by atoms with Crippen LogP contribution in [0.1, 0.15) is 28.8 Å². The molecule has 0 aromatic heterocycles. The van der Waals surface area contributed by atoms with Gasteiger partial charge in [-0.2, -0.15) is 0 Å². The molecular formula is C20H23NO4. The Morgan fingerprint density at radius 3 is 2.32 bits per heavy atom. The van der Waals surface area contributed by atoms with Gasteiger partial charge >= 0.3 is 0 Å². The van der Waals surface area contributed by atoms with Crippen molar-refractivity contribution in [2.24, 2.45) is 0 Å². The molecule has 1 aliphatic rings. The Hall–Kier alpha value is -2.69. The van der Waals surface area contributed by atoms with Crippen LogP contribution in [0.4, 0.5) is 0 Å². The van der Waals surface area contributed by atoms with E-state index in [-0.39, 0.29) is 5.91 Å². The lowest BCUT2D eigenvalue weighted by atomic mass is 10.1. The SMILES string of the molecule is COc1ccc(C(=O)N2CCCC2)cc1COc1ccccc1OC. The fraction of sp³-hybridized carbons (Fsp3) is 0.350. The fourth-order valence-electron chi connectivity index (χ4n) is 3.02. The van der Waals surface area contributed by atoms with E-state index in [9.17, 15) is 4.79 Å². The molecule has 0 atom stereocenters. The molecular weight excluding hydrogens is 318 g/mol. The summed E-state index contributed by atoms with van der Waals surface area (Å²) in [5.41, 5.74) is 1.50. The van der Waals surface area contributed by atoms with Gasteiger partial charge in [0.25, 0.3) is 5.91 Å². The van der Waals surface area contributed by atoms with E-state index >= 15 is 0 Å². The van der Waals surface area contributed by atoms with Crippen LogP contribution in [0.25, 0.3) is 0 Å². The van der Waals surface area contributed by atoms with Crippen molar-refractivity contribution in [1.82, 2.24) is 4.90 Å². The number of carbonyl (C=O) groups is 1. The van der Waals surface area contributed by atoms with Gasteiger partial charge in [0.05, 0.1) is 14.2 Å². The Kier molecular flexibility index (Phi) is 5.43. The van der Waals surface area contributed by atoms with E-state index in [1.807, 2.05) is 47.4 Å². The lowest BCUT2D eigenvalue weighted by molar-refractivity contribution is 0.0792. The highest BCUT2D eigenvalue weighted by Gasteiger charge is 2.20. The number of amides is 1. The summed E-state index contributed by atoms with van der Waals surface area (Å²) in [4.78, 5) is 14.5. The topological polar surface area (TPSA) is 48.0 Å². The van der Waals surface area contributed by atoms with Crippen molar-refractivity contribution in [3.8, 4) is 17.2 Å². The van der Waals surface area contributed by atoms with Crippen LogP contribution in [-0.2, 0) is 6.61 Å². The number of nitrogens with zero attached hydrogens (tertiary/aromatic N) is 1. The number of rotatable bonds is 6. The summed E-state index contributed by atoms with van der Waals surface area (Å²) in [5.74, 6) is 2.10. The summed E-state index contributed by atoms with van der Waals surface area (Å²) in [6, 6.07) is 13.0. The quantitative estimate of drug-likeness (QED) is 0.807. The lowest BCUT2D eigenvalue weighted by Crippen LogP contribution is -2.27. The Morgan fingerprint density at radius 2 is 1.64 bits per heavy atom. The molecule has 1 heterocycles. The molecule has 3 rings (SSSR count). The summed E-state index contributed by atoms with van der Waals surface area (Å²) >= 11 is 0. The molecule has 0 unspecified atom stereocenters. The average Bonchev–Trinajstić information content (AvgIpc) is 3.20. The minimum absolute atomic E-state index is 0.0682. The predicted octanol–water partition coefficient (Wildman–Crippen LogP) is 3.52. The molecule has 2 aromatic carbocycles. The van der Waals surface area contributed by atoms with Crippen molar-refractivity contribution in [3.05, 3.63) is 53.6 Å². The van der Waals surface area contributed by atoms with Gasteiger partial charge in [-0.3, -0.25) is 4.79 Å². The lowest BCUT2D eigenvalue weighted by Gasteiger charge is -2.17. The van der Waals surface area contributed by atoms with E-state index in [1.165, 1.54) is 0 Å². The first-order chi connectivity index (χ1) is 12.2. The minimum Gasteiger partial charge on any atom is -0.496 e. The molecule has 0 spiro atoms. The molecule has 0 N–H and O–H groups in total. The summed E-state index contributed by atoms with van der Waals surface area (Å²) in [7, 11) is 3.22. The molecule has 0 saturated carbocycles. The van der Waals surface area contributed by atoms with Gasteiger partial charge in [0.2, 0.25) is 0 Å². The molecule has 0 aliphatic carbocycles. The van der Waals surface area contributed by atoms with Gasteiger partial charge < -0.3 is 19.1 Å². The third kappa shape index (κ3) is 3.87. The third-order valence-electron chi connectivity index (χ3n) is 4.37. The molecule has 132 valence electrons. The second-order valence-corrected chi connectivity index (χ2v) is 5.97. The van der Waals surface area contributed by atoms with Gasteiger partial charge in [-0.1, -0.05) is 12.1 Å². The van der Waals surface area contributed by atoms with E-state index in [2.05, 4.69) is 0 Å². The number of hydrogen-bond donors (Lipinski definition) is 0. The highest BCUT2D eigenvalue weighted by molar-refractivity contribution is 5.94. The summed E-state index contributed by atoms with van der Waals surface area (Å²) < 4.78 is 16.6. The number of ether oxygens (including phenoxy) is 3. The molecule has 0 radical (unpaired) electrons. The van der Waals surface area contributed by atoms with E-state index in [1.54, 1.807) is 14.2 Å². The normalized spacial score (nSPS) is 13.6. The summed E-state index contributed by atoms with van der Waals surface area (Å²) in [5, 5.41) is 0. The molecule has 2 aromatic rings. The van der Waals surface area contributed by atoms with Crippen LogP contribution in [0.2, 0.25) is 0 Å². The zero-order chi connectivity index (χ0) is 17.6. The first-order valence-electron chi connectivity index (χ1n) is 8.45.